The van der Waals surface area contributed by atoms with E-state index in [1.54, 1.807) is 24.3 Å². The minimum absolute atomic E-state index is 0.0130. The van der Waals surface area contributed by atoms with Crippen molar-refractivity contribution in [1.29, 1.82) is 0 Å². The summed E-state index contributed by atoms with van der Waals surface area (Å²) >= 11 is 0. The average molecular weight is 652 g/mol. The first-order valence-corrected chi connectivity index (χ1v) is 17.2. The fourth-order valence-electron chi connectivity index (χ4n) is 8.76. The minimum Gasteiger partial charge on any atom is -0.508 e. The summed E-state index contributed by atoms with van der Waals surface area (Å²) < 4.78 is 45.2. The normalized spacial score (nSPS) is 24.1. The highest BCUT2D eigenvalue weighted by Crippen LogP contribution is 2.50. The Hall–Kier alpha value is -4.04. The Labute approximate surface area is 278 Å². The Kier molecular flexibility index (Phi) is 7.05. The number of rotatable bonds is 7. The van der Waals surface area contributed by atoms with Crippen molar-refractivity contribution in [2.75, 3.05) is 57.4 Å². The number of likely N-dealkylation sites (tertiary alicyclic amines) is 1. The third-order valence-electron chi connectivity index (χ3n) is 11.4. The predicted molar refractivity (Wildman–Crippen MR) is 180 cm³/mol. The number of aromatic nitrogens is 2. The van der Waals surface area contributed by atoms with Crippen LogP contribution in [-0.4, -0.2) is 84.6 Å². The second kappa shape index (κ2) is 11.3. The van der Waals surface area contributed by atoms with Gasteiger partial charge in [0.2, 0.25) is 0 Å². The number of nitrogens with one attached hydrogen (secondary N) is 1. The summed E-state index contributed by atoms with van der Waals surface area (Å²) in [5, 5.41) is 15.6. The van der Waals surface area contributed by atoms with Gasteiger partial charge in [0, 0.05) is 90.8 Å². The second-order valence-corrected chi connectivity index (χ2v) is 14.9. The molecule has 1 aliphatic carbocycles. The molecule has 2 atom stereocenters. The van der Waals surface area contributed by atoms with Gasteiger partial charge in [0.1, 0.15) is 22.9 Å². The van der Waals surface area contributed by atoms with Gasteiger partial charge < -0.3 is 29.7 Å². The smallest absolute Gasteiger partial charge is 0.319 e. The number of aromatic hydroxyl groups is 1. The molecule has 3 aromatic carbocycles. The predicted octanol–water partition coefficient (Wildman–Crippen LogP) is 5.63. The van der Waals surface area contributed by atoms with E-state index in [4.69, 9.17) is 20.9 Å². The van der Waals surface area contributed by atoms with Crippen LogP contribution in [0.2, 0.25) is 0 Å². The van der Waals surface area contributed by atoms with Gasteiger partial charge in [0.15, 0.2) is 5.82 Å². The lowest BCUT2D eigenvalue weighted by molar-refractivity contribution is -0.0884. The molecule has 2 N–H and O–H groups in total. The van der Waals surface area contributed by atoms with E-state index in [1.807, 2.05) is 0 Å². The SMILES string of the molecule is C#Cc1cccc2cc(O)cc(-c3c(F)cc4c(N5CC6CCC(C5)N6)nc(OCC5(CN6CC7(CCOCC7)C6)CC5)nc4c3F)c12. The van der Waals surface area contributed by atoms with Crippen LogP contribution in [0.15, 0.2) is 36.4 Å². The molecule has 0 amide bonds. The summed E-state index contributed by atoms with van der Waals surface area (Å²) in [5.74, 6) is 1.39. The van der Waals surface area contributed by atoms with Crippen molar-refractivity contribution >= 4 is 27.5 Å². The van der Waals surface area contributed by atoms with Gasteiger partial charge in [-0.15, -0.1) is 6.42 Å². The summed E-state index contributed by atoms with van der Waals surface area (Å²) in [6, 6.07) is 10.1. The average Bonchev–Trinajstić information content (AvgIpc) is 3.76. The van der Waals surface area contributed by atoms with Crippen LogP contribution in [0.1, 0.15) is 44.1 Å². The van der Waals surface area contributed by atoms with Gasteiger partial charge in [0.25, 0.3) is 0 Å². The van der Waals surface area contributed by atoms with Crippen LogP contribution in [0.25, 0.3) is 32.8 Å². The van der Waals surface area contributed by atoms with Gasteiger partial charge in [0.05, 0.1) is 12.2 Å². The minimum atomic E-state index is -0.834. The number of phenolic OH excluding ortho intramolecular Hbond substituents is 1. The highest BCUT2D eigenvalue weighted by Gasteiger charge is 2.51. The monoisotopic (exact) mass is 651 g/mol. The maximum atomic E-state index is 16.9. The van der Waals surface area contributed by atoms with Crippen molar-refractivity contribution in [3.8, 4) is 35.2 Å². The topological polar surface area (TPSA) is 83.0 Å². The van der Waals surface area contributed by atoms with Crippen molar-refractivity contribution < 1.29 is 23.4 Å². The van der Waals surface area contributed by atoms with Crippen LogP contribution < -0.4 is 15.0 Å². The van der Waals surface area contributed by atoms with Crippen LogP contribution >= 0.6 is 0 Å². The zero-order valence-electron chi connectivity index (χ0n) is 26.9. The van der Waals surface area contributed by atoms with Crippen molar-refractivity contribution in [2.24, 2.45) is 10.8 Å². The Morgan fingerprint density at radius 3 is 2.54 bits per heavy atom. The molecule has 0 radical (unpaired) electrons. The van der Waals surface area contributed by atoms with Gasteiger partial charge in [-0.25, -0.2) is 8.78 Å². The summed E-state index contributed by atoms with van der Waals surface area (Å²) in [5.41, 5.74) is 0.775. The second-order valence-electron chi connectivity index (χ2n) is 14.9. The van der Waals surface area contributed by atoms with Crippen molar-refractivity contribution in [1.82, 2.24) is 20.2 Å². The Balaban J connectivity index is 1.09. The first kappa shape index (κ1) is 30.1. The number of terminal acetylenes is 1. The highest BCUT2D eigenvalue weighted by molar-refractivity contribution is 6.04. The lowest BCUT2D eigenvalue weighted by Crippen LogP contribution is -2.59. The molecule has 4 aliphatic heterocycles. The standard InChI is InChI=1S/C38H39F2N5O3/c1-2-23-4-3-5-24-14-27(46)15-28(31(23)24)32-30(39)16-29-34(33(32)40)42-36(43-35(29)45-17-25-6-7-26(18-45)41-25)48-22-38(8-9-38)21-44-19-37(20-44)10-12-47-13-11-37/h1,3-5,14-16,25-26,41,46H,6-13,17-22H2. The molecule has 248 valence electrons. The van der Waals surface area contributed by atoms with Crippen molar-refractivity contribution in [3.05, 3.63) is 53.6 Å². The molecule has 4 aromatic rings. The molecule has 1 aromatic heterocycles. The number of piperazine rings is 1. The fraction of sp³-hybridized carbons (Fsp3) is 0.474. The van der Waals surface area contributed by atoms with Gasteiger partial charge in [-0.3, -0.25) is 0 Å². The van der Waals surface area contributed by atoms with E-state index in [1.165, 1.54) is 12.1 Å². The number of hydrogen-bond donors (Lipinski definition) is 2. The third-order valence-corrected chi connectivity index (χ3v) is 11.4. The van der Waals surface area contributed by atoms with Gasteiger partial charge >= 0.3 is 6.01 Å². The molecule has 1 spiro atoms. The molecule has 9 rings (SSSR count). The number of phenols is 1. The summed E-state index contributed by atoms with van der Waals surface area (Å²) in [4.78, 5) is 14.1. The molecule has 5 aliphatic rings. The third kappa shape index (κ3) is 5.15. The lowest BCUT2D eigenvalue weighted by atomic mass is 9.73. The quantitative estimate of drug-likeness (QED) is 0.249. The van der Waals surface area contributed by atoms with Gasteiger partial charge in [-0.05, 0) is 68.2 Å². The number of fused-ring (bicyclic) bond motifs is 4. The molecule has 1 saturated carbocycles. The first-order chi connectivity index (χ1) is 23.3. The summed E-state index contributed by atoms with van der Waals surface area (Å²) in [6.07, 6.45) is 12.3. The zero-order valence-corrected chi connectivity index (χ0v) is 26.9. The molecular weight excluding hydrogens is 612 g/mol. The molecular formula is C38H39F2N5O3. The number of nitrogens with zero attached hydrogens (tertiary/aromatic N) is 4. The molecule has 2 unspecified atom stereocenters. The maximum Gasteiger partial charge on any atom is 0.319 e. The van der Waals surface area contributed by atoms with E-state index in [2.05, 4.69) is 26.0 Å². The van der Waals surface area contributed by atoms with E-state index in [9.17, 15) is 5.11 Å². The van der Waals surface area contributed by atoms with E-state index in [-0.39, 0.29) is 33.8 Å². The molecule has 48 heavy (non-hydrogen) atoms. The van der Waals surface area contributed by atoms with E-state index in [0.29, 0.717) is 64.7 Å². The van der Waals surface area contributed by atoms with Crippen LogP contribution in [0.5, 0.6) is 11.8 Å². The van der Waals surface area contributed by atoms with Crippen LogP contribution in [-0.2, 0) is 4.74 Å². The molecule has 2 bridgehead atoms. The van der Waals surface area contributed by atoms with Crippen LogP contribution in [0.4, 0.5) is 14.6 Å². The molecule has 10 heteroatoms. The molecule has 4 saturated heterocycles. The van der Waals surface area contributed by atoms with Crippen molar-refractivity contribution in [2.45, 2.75) is 50.6 Å². The Morgan fingerprint density at radius 2 is 1.81 bits per heavy atom. The largest absolute Gasteiger partial charge is 0.508 e. The molecule has 5 fully saturated rings. The van der Waals surface area contributed by atoms with E-state index < -0.39 is 11.6 Å². The molecule has 5 heterocycles. The van der Waals surface area contributed by atoms with Gasteiger partial charge in [-0.2, -0.15) is 9.97 Å². The lowest BCUT2D eigenvalue weighted by Gasteiger charge is -2.53. The Morgan fingerprint density at radius 1 is 1.04 bits per heavy atom. The maximum absolute atomic E-state index is 16.9. The number of hydrogen-bond acceptors (Lipinski definition) is 8. The summed E-state index contributed by atoms with van der Waals surface area (Å²) in [6.45, 7) is 6.68. The zero-order chi connectivity index (χ0) is 32.6. The Bertz CT molecular complexity index is 1970. The number of ether oxygens (including phenoxy) is 2. The van der Waals surface area contributed by atoms with Crippen LogP contribution in [0, 0.1) is 34.8 Å². The molecule has 8 nitrogen and oxygen atoms in total. The fourth-order valence-corrected chi connectivity index (χ4v) is 8.76. The first-order valence-electron chi connectivity index (χ1n) is 17.2. The van der Waals surface area contributed by atoms with E-state index in [0.717, 1.165) is 71.4 Å². The number of benzene rings is 3. The van der Waals surface area contributed by atoms with Gasteiger partial charge in [-0.1, -0.05) is 18.1 Å². The van der Waals surface area contributed by atoms with Crippen molar-refractivity contribution in [3.63, 3.8) is 0 Å². The summed E-state index contributed by atoms with van der Waals surface area (Å²) in [7, 11) is 0. The van der Waals surface area contributed by atoms with E-state index >= 15 is 8.78 Å². The number of halogens is 2. The highest BCUT2D eigenvalue weighted by atomic mass is 19.1. The van der Waals surface area contributed by atoms with Crippen LogP contribution in [0.3, 0.4) is 0 Å². The number of anilines is 1.